The van der Waals surface area contributed by atoms with Crippen LogP contribution in [0.1, 0.15) is 17.2 Å². The Labute approximate surface area is 193 Å². The average Bonchev–Trinajstić information content (AvgIpc) is 3.50. The predicted molar refractivity (Wildman–Crippen MR) is 121 cm³/mol. The number of sulfonamides is 1. The molecule has 168 valence electrons. The molecule has 1 aliphatic heterocycles. The zero-order valence-corrected chi connectivity index (χ0v) is 18.7. The van der Waals surface area contributed by atoms with Gasteiger partial charge in [0.1, 0.15) is 22.0 Å². The van der Waals surface area contributed by atoms with Gasteiger partial charge in [0.05, 0.1) is 11.7 Å². The van der Waals surface area contributed by atoms with E-state index in [2.05, 4.69) is 18.8 Å². The van der Waals surface area contributed by atoms with Crippen molar-refractivity contribution in [1.82, 2.24) is 18.8 Å². The van der Waals surface area contributed by atoms with Crippen LogP contribution in [0.25, 0.3) is 11.0 Å². The molecular weight excluding hydrogens is 464 g/mol. The second-order valence-electron chi connectivity index (χ2n) is 7.26. The minimum atomic E-state index is -4.08. The van der Waals surface area contributed by atoms with Crippen molar-refractivity contribution < 1.29 is 22.7 Å². The van der Waals surface area contributed by atoms with Crippen molar-refractivity contribution >= 4 is 38.7 Å². The summed E-state index contributed by atoms with van der Waals surface area (Å²) in [4.78, 5) is 13.1. The van der Waals surface area contributed by atoms with E-state index in [4.69, 9.17) is 9.47 Å². The van der Waals surface area contributed by atoms with Crippen molar-refractivity contribution in [3.05, 3.63) is 77.9 Å². The van der Waals surface area contributed by atoms with Gasteiger partial charge in [0, 0.05) is 6.54 Å². The number of aromatic nitrogens is 2. The Bertz CT molecular complexity index is 1420. The topological polar surface area (TPSA) is 120 Å². The van der Waals surface area contributed by atoms with Crippen LogP contribution in [0.4, 0.5) is 0 Å². The number of fused-ring (bicyclic) bond motifs is 2. The van der Waals surface area contributed by atoms with Gasteiger partial charge >= 0.3 is 0 Å². The molecule has 0 bridgehead atoms. The third-order valence-corrected chi connectivity index (χ3v) is 7.11. The van der Waals surface area contributed by atoms with Crippen LogP contribution in [-0.4, -0.2) is 29.9 Å². The molecule has 1 atom stereocenters. The molecule has 0 saturated carbocycles. The molecule has 0 saturated heterocycles. The molecular formula is C22H18N4O5S2. The lowest BCUT2D eigenvalue weighted by atomic mass is 10.1. The first kappa shape index (κ1) is 21.3. The van der Waals surface area contributed by atoms with Crippen molar-refractivity contribution in [2.24, 2.45) is 0 Å². The van der Waals surface area contributed by atoms with Crippen molar-refractivity contribution in [3.8, 4) is 11.5 Å². The van der Waals surface area contributed by atoms with Gasteiger partial charge in [-0.05, 0) is 35.4 Å². The molecule has 9 nitrogen and oxygen atoms in total. The van der Waals surface area contributed by atoms with Gasteiger partial charge in [-0.2, -0.15) is 13.5 Å². The fourth-order valence-corrected chi connectivity index (χ4v) is 5.43. The quantitative estimate of drug-likeness (QED) is 0.416. The highest BCUT2D eigenvalue weighted by Gasteiger charge is 2.29. The summed E-state index contributed by atoms with van der Waals surface area (Å²) < 4.78 is 47.9. The second kappa shape index (κ2) is 8.77. The number of nitrogens with zero attached hydrogens (tertiary/aromatic N) is 2. The van der Waals surface area contributed by atoms with Crippen LogP contribution in [0.15, 0.2) is 71.6 Å². The van der Waals surface area contributed by atoms with Crippen molar-refractivity contribution in [1.29, 1.82) is 0 Å². The van der Waals surface area contributed by atoms with E-state index in [1.807, 2.05) is 6.07 Å². The molecule has 0 radical (unpaired) electrons. The fraction of sp³-hybridized carbons (Fsp3) is 0.136. The Morgan fingerprint density at radius 3 is 2.67 bits per heavy atom. The van der Waals surface area contributed by atoms with Crippen molar-refractivity contribution in [2.45, 2.75) is 17.5 Å². The van der Waals surface area contributed by atoms with Gasteiger partial charge in [-0.15, -0.1) is 0 Å². The van der Waals surface area contributed by atoms with Crippen LogP contribution >= 0.6 is 11.7 Å². The van der Waals surface area contributed by atoms with Crippen LogP contribution in [-0.2, 0) is 21.4 Å². The van der Waals surface area contributed by atoms with Crippen molar-refractivity contribution in [3.63, 3.8) is 0 Å². The Morgan fingerprint density at radius 1 is 1.00 bits per heavy atom. The third kappa shape index (κ3) is 4.38. The zero-order valence-electron chi connectivity index (χ0n) is 17.1. The number of nitrogens with one attached hydrogen (secondary N) is 2. The minimum Gasteiger partial charge on any atom is -0.454 e. The Balaban J connectivity index is 1.40. The van der Waals surface area contributed by atoms with Gasteiger partial charge in [0.25, 0.3) is 0 Å². The number of amides is 1. The highest BCUT2D eigenvalue weighted by Crippen LogP contribution is 2.32. The lowest BCUT2D eigenvalue weighted by molar-refractivity contribution is -0.123. The molecule has 1 amide bonds. The molecule has 3 aromatic carbocycles. The van der Waals surface area contributed by atoms with E-state index in [1.165, 1.54) is 6.07 Å². The van der Waals surface area contributed by atoms with Crippen LogP contribution in [0.3, 0.4) is 0 Å². The Kier molecular flexibility index (Phi) is 5.67. The number of carbonyl (C=O) groups is 1. The smallest absolute Gasteiger partial charge is 0.243 e. The average molecular weight is 483 g/mol. The molecule has 0 spiro atoms. The van der Waals surface area contributed by atoms with Crippen LogP contribution in [0, 0.1) is 0 Å². The molecule has 1 aromatic heterocycles. The van der Waals surface area contributed by atoms with Gasteiger partial charge in [-0.3, -0.25) is 4.79 Å². The van der Waals surface area contributed by atoms with Gasteiger partial charge in [0.15, 0.2) is 11.5 Å². The normalized spacial score (nSPS) is 13.7. The molecule has 1 aliphatic rings. The first-order valence-electron chi connectivity index (χ1n) is 9.96. The fourth-order valence-electron chi connectivity index (χ4n) is 3.48. The lowest BCUT2D eigenvalue weighted by Gasteiger charge is -2.19. The van der Waals surface area contributed by atoms with Gasteiger partial charge in [0.2, 0.25) is 22.7 Å². The summed E-state index contributed by atoms with van der Waals surface area (Å²) in [5.74, 6) is 0.753. The van der Waals surface area contributed by atoms with E-state index in [9.17, 15) is 13.2 Å². The maximum atomic E-state index is 13.2. The van der Waals surface area contributed by atoms with Crippen LogP contribution in [0.5, 0.6) is 11.5 Å². The Hall–Kier alpha value is -3.54. The number of carbonyl (C=O) groups excluding carboxylic acids is 1. The highest BCUT2D eigenvalue weighted by atomic mass is 32.2. The standard InChI is InChI=1S/C22H18N4O5S2/c27-22(23-12-14-9-10-17-18(11-14)31-13-30-17)20(15-5-2-1-3-6-15)26-33(28,29)19-8-4-7-16-21(19)25-32-24-16/h1-11,20,26H,12-13H2,(H,23,27)/t20-/m1/s1. The molecule has 0 fully saturated rings. The molecule has 33 heavy (non-hydrogen) atoms. The molecule has 0 unspecified atom stereocenters. The van der Waals surface area contributed by atoms with Gasteiger partial charge in [-0.1, -0.05) is 42.5 Å². The first-order valence-corrected chi connectivity index (χ1v) is 12.2. The molecule has 5 rings (SSSR count). The SMILES string of the molecule is O=C(NCc1ccc2c(c1)OCO2)[C@H](NS(=O)(=O)c1cccc2nsnc12)c1ccccc1. The largest absolute Gasteiger partial charge is 0.454 e. The molecule has 0 aliphatic carbocycles. The summed E-state index contributed by atoms with van der Waals surface area (Å²) >= 11 is 0.928. The third-order valence-electron chi connectivity index (χ3n) is 5.11. The van der Waals surface area contributed by atoms with Crippen LogP contribution in [0.2, 0.25) is 0 Å². The number of hydrogen-bond acceptors (Lipinski definition) is 8. The monoisotopic (exact) mass is 482 g/mol. The molecule has 2 heterocycles. The minimum absolute atomic E-state index is 0.0294. The maximum absolute atomic E-state index is 13.2. The van der Waals surface area contributed by atoms with Gasteiger partial charge < -0.3 is 14.8 Å². The van der Waals surface area contributed by atoms with E-state index in [0.29, 0.717) is 22.6 Å². The number of hydrogen-bond donors (Lipinski definition) is 2. The van der Waals surface area contributed by atoms with E-state index in [-0.39, 0.29) is 23.7 Å². The summed E-state index contributed by atoms with van der Waals surface area (Å²) in [6.45, 7) is 0.344. The summed E-state index contributed by atoms with van der Waals surface area (Å²) in [5, 5.41) is 2.81. The second-order valence-corrected chi connectivity index (χ2v) is 9.47. The number of ether oxygens (including phenoxy) is 2. The van der Waals surface area contributed by atoms with E-state index in [0.717, 1.165) is 17.3 Å². The summed E-state index contributed by atoms with van der Waals surface area (Å²) in [5.41, 5.74) is 2.04. The zero-order chi connectivity index (χ0) is 22.8. The van der Waals surface area contributed by atoms with Crippen LogP contribution < -0.4 is 19.5 Å². The number of rotatable bonds is 7. The molecule has 4 aromatic rings. The predicted octanol–water partition coefficient (Wildman–Crippen LogP) is 2.76. The van der Waals surface area contributed by atoms with E-state index in [1.54, 1.807) is 54.6 Å². The first-order chi connectivity index (χ1) is 16.0. The summed E-state index contributed by atoms with van der Waals surface area (Å²) in [7, 11) is -4.08. The molecule has 11 heteroatoms. The number of benzene rings is 3. The molecule has 2 N–H and O–H groups in total. The maximum Gasteiger partial charge on any atom is 0.243 e. The summed E-state index contributed by atoms with van der Waals surface area (Å²) in [6, 6.07) is 17.6. The Morgan fingerprint density at radius 2 is 1.82 bits per heavy atom. The van der Waals surface area contributed by atoms with E-state index >= 15 is 0 Å². The lowest BCUT2D eigenvalue weighted by Crippen LogP contribution is -2.40. The van der Waals surface area contributed by atoms with E-state index < -0.39 is 22.0 Å². The van der Waals surface area contributed by atoms with Gasteiger partial charge in [-0.25, -0.2) is 8.42 Å². The van der Waals surface area contributed by atoms with Crippen molar-refractivity contribution in [2.75, 3.05) is 6.79 Å². The highest BCUT2D eigenvalue weighted by molar-refractivity contribution is 7.89. The summed E-state index contributed by atoms with van der Waals surface area (Å²) in [6.07, 6.45) is 0.